The van der Waals surface area contributed by atoms with Crippen molar-refractivity contribution in [2.45, 2.75) is 19.6 Å². The Hall–Kier alpha value is -3.49. The number of Topliss-reactive ketones (excluding diaryl/α,β-unsaturated/α-hetero) is 1. The van der Waals surface area contributed by atoms with Gasteiger partial charge in [-0.05, 0) is 49.4 Å². The second kappa shape index (κ2) is 10.2. The second-order valence-electron chi connectivity index (χ2n) is 5.81. The number of esters is 1. The van der Waals surface area contributed by atoms with E-state index in [1.54, 1.807) is 18.2 Å². The van der Waals surface area contributed by atoms with Crippen molar-refractivity contribution in [3.8, 4) is 11.5 Å². The number of methoxy groups -OCH3 is 1. The van der Waals surface area contributed by atoms with Gasteiger partial charge in [0.05, 0.1) is 7.11 Å². The lowest BCUT2D eigenvalue weighted by Gasteiger charge is -2.13. The molecule has 2 rings (SSSR count). The topological polar surface area (TPSA) is 90.9 Å². The van der Waals surface area contributed by atoms with Crippen LogP contribution in [0.3, 0.4) is 0 Å². The smallest absolute Gasteiger partial charge is 0.387 e. The number of hydrogen-bond donors (Lipinski definition) is 1. The summed E-state index contributed by atoms with van der Waals surface area (Å²) in [5.41, 5.74) is 0.458. The number of hydrogen-bond acceptors (Lipinski definition) is 6. The number of carbonyl (C=O) groups is 3. The number of nitrogens with one attached hydrogen (secondary N) is 1. The molecule has 0 bridgehead atoms. The Morgan fingerprint density at radius 2 is 1.69 bits per heavy atom. The highest BCUT2D eigenvalue weighted by molar-refractivity contribution is 6.00. The lowest BCUT2D eigenvalue weighted by atomic mass is 10.1. The minimum absolute atomic E-state index is 0.0959. The van der Waals surface area contributed by atoms with Crippen LogP contribution in [-0.2, 0) is 9.53 Å². The van der Waals surface area contributed by atoms with E-state index in [4.69, 9.17) is 9.47 Å². The van der Waals surface area contributed by atoms with Gasteiger partial charge in [-0.15, -0.1) is 0 Å². The zero-order valence-electron chi connectivity index (χ0n) is 15.7. The Morgan fingerprint density at radius 3 is 2.31 bits per heavy atom. The summed E-state index contributed by atoms with van der Waals surface area (Å²) >= 11 is 0. The van der Waals surface area contributed by atoms with Crippen molar-refractivity contribution in [2.75, 3.05) is 13.7 Å². The second-order valence-corrected chi connectivity index (χ2v) is 5.81. The van der Waals surface area contributed by atoms with Gasteiger partial charge in [-0.3, -0.25) is 14.4 Å². The van der Waals surface area contributed by atoms with Gasteiger partial charge in [-0.2, -0.15) is 8.78 Å². The quantitative estimate of drug-likeness (QED) is 0.508. The van der Waals surface area contributed by atoms with Gasteiger partial charge < -0.3 is 19.5 Å². The molecule has 1 N–H and O–H groups in total. The van der Waals surface area contributed by atoms with E-state index in [0.29, 0.717) is 11.3 Å². The van der Waals surface area contributed by atoms with E-state index >= 15 is 0 Å². The van der Waals surface area contributed by atoms with Gasteiger partial charge in [0.1, 0.15) is 18.0 Å². The third-order valence-corrected chi connectivity index (χ3v) is 3.77. The van der Waals surface area contributed by atoms with Gasteiger partial charge in [0, 0.05) is 11.1 Å². The Bertz CT molecular complexity index is 870. The zero-order valence-corrected chi connectivity index (χ0v) is 15.7. The number of ether oxygens (including phenoxy) is 3. The van der Waals surface area contributed by atoms with Gasteiger partial charge in [-0.1, -0.05) is 6.07 Å². The van der Waals surface area contributed by atoms with Crippen molar-refractivity contribution in [3.63, 3.8) is 0 Å². The van der Waals surface area contributed by atoms with Gasteiger partial charge in [0.25, 0.3) is 5.91 Å². The van der Waals surface area contributed by atoms with Crippen LogP contribution >= 0.6 is 0 Å². The average molecular weight is 407 g/mol. The fourth-order valence-electron chi connectivity index (χ4n) is 2.35. The molecule has 0 radical (unpaired) electrons. The van der Waals surface area contributed by atoms with E-state index in [2.05, 4.69) is 10.1 Å². The molecular formula is C20H19F2NO6. The standard InChI is InChI=1S/C20H19F2NO6/c1-12(18(25)13-6-8-15(9-7-13)29-20(21)22)28-17(24)11-23-19(26)14-4-3-5-16(10-14)27-2/h3-10,12,20H,11H2,1-2H3,(H,23,26)/t12-/m0/s1. The van der Waals surface area contributed by atoms with Crippen LogP contribution in [0.4, 0.5) is 8.78 Å². The number of halogens is 2. The SMILES string of the molecule is COc1cccc(C(=O)NCC(=O)O[C@@H](C)C(=O)c2ccc(OC(F)F)cc2)c1. The predicted octanol–water partition coefficient (Wildman–Crippen LogP) is 2.84. The van der Waals surface area contributed by atoms with Crippen LogP contribution in [0.25, 0.3) is 0 Å². The van der Waals surface area contributed by atoms with Crippen molar-refractivity contribution in [2.24, 2.45) is 0 Å². The van der Waals surface area contributed by atoms with E-state index < -0.39 is 36.9 Å². The molecule has 0 aliphatic heterocycles. The summed E-state index contributed by atoms with van der Waals surface area (Å²) < 4.78 is 38.5. The summed E-state index contributed by atoms with van der Waals surface area (Å²) in [6.45, 7) is -2.04. The molecule has 154 valence electrons. The Morgan fingerprint density at radius 1 is 1.00 bits per heavy atom. The fraction of sp³-hybridized carbons (Fsp3) is 0.250. The van der Waals surface area contributed by atoms with Gasteiger partial charge in [-0.25, -0.2) is 0 Å². The first-order chi connectivity index (χ1) is 13.8. The molecule has 0 aliphatic rings. The van der Waals surface area contributed by atoms with Gasteiger partial charge >= 0.3 is 12.6 Å². The molecule has 29 heavy (non-hydrogen) atoms. The molecule has 0 aromatic heterocycles. The summed E-state index contributed by atoms with van der Waals surface area (Å²) in [5, 5.41) is 2.39. The highest BCUT2D eigenvalue weighted by Gasteiger charge is 2.20. The summed E-state index contributed by atoms with van der Waals surface area (Å²) in [6.07, 6.45) is -1.13. The summed E-state index contributed by atoms with van der Waals surface area (Å²) in [5.74, 6) is -1.44. The molecule has 0 saturated carbocycles. The van der Waals surface area contributed by atoms with Crippen LogP contribution in [0.5, 0.6) is 11.5 Å². The molecule has 7 nitrogen and oxygen atoms in total. The first-order valence-electron chi connectivity index (χ1n) is 8.51. The molecule has 0 saturated heterocycles. The first kappa shape index (κ1) is 21.8. The first-order valence-corrected chi connectivity index (χ1v) is 8.51. The molecule has 0 aliphatic carbocycles. The Labute approximate surface area is 165 Å². The number of amides is 1. The number of carbonyl (C=O) groups excluding carboxylic acids is 3. The molecule has 1 atom stereocenters. The molecule has 0 unspecified atom stereocenters. The highest BCUT2D eigenvalue weighted by atomic mass is 19.3. The molecular weight excluding hydrogens is 388 g/mol. The van der Waals surface area contributed by atoms with Crippen LogP contribution in [0.2, 0.25) is 0 Å². The average Bonchev–Trinajstić information content (AvgIpc) is 2.71. The monoisotopic (exact) mass is 407 g/mol. The number of rotatable bonds is 9. The van der Waals surface area contributed by atoms with Crippen LogP contribution < -0.4 is 14.8 Å². The van der Waals surface area contributed by atoms with Crippen molar-refractivity contribution < 1.29 is 37.4 Å². The van der Waals surface area contributed by atoms with E-state index in [-0.39, 0.29) is 11.3 Å². The van der Waals surface area contributed by atoms with Crippen LogP contribution in [-0.4, -0.2) is 44.0 Å². The lowest BCUT2D eigenvalue weighted by Crippen LogP contribution is -2.34. The largest absolute Gasteiger partial charge is 0.497 e. The van der Waals surface area contributed by atoms with Gasteiger partial charge in [0.15, 0.2) is 6.10 Å². The number of alkyl halides is 2. The van der Waals surface area contributed by atoms with Crippen LogP contribution in [0.1, 0.15) is 27.6 Å². The molecule has 2 aromatic rings. The van der Waals surface area contributed by atoms with E-state index in [9.17, 15) is 23.2 Å². The molecule has 1 amide bonds. The van der Waals surface area contributed by atoms with Crippen molar-refractivity contribution in [1.82, 2.24) is 5.32 Å². The number of ketones is 1. The maximum absolute atomic E-state index is 12.3. The summed E-state index contributed by atoms with van der Waals surface area (Å²) in [7, 11) is 1.46. The van der Waals surface area contributed by atoms with Crippen molar-refractivity contribution in [1.29, 1.82) is 0 Å². The van der Waals surface area contributed by atoms with Crippen LogP contribution in [0, 0.1) is 0 Å². The maximum atomic E-state index is 12.3. The van der Waals surface area contributed by atoms with Gasteiger partial charge in [0.2, 0.25) is 5.78 Å². The molecule has 0 fully saturated rings. The summed E-state index contributed by atoms with van der Waals surface area (Å²) in [4.78, 5) is 36.2. The predicted molar refractivity (Wildman–Crippen MR) is 98.3 cm³/mol. The third kappa shape index (κ3) is 6.56. The summed E-state index contributed by atoms with van der Waals surface area (Å²) in [6, 6.07) is 11.4. The molecule has 0 spiro atoms. The highest BCUT2D eigenvalue weighted by Crippen LogP contribution is 2.16. The fourth-order valence-corrected chi connectivity index (χ4v) is 2.35. The normalized spacial score (nSPS) is 11.5. The van der Waals surface area contributed by atoms with Crippen LogP contribution in [0.15, 0.2) is 48.5 Å². The van der Waals surface area contributed by atoms with Crippen molar-refractivity contribution >= 4 is 17.7 Å². The van der Waals surface area contributed by atoms with E-state index in [1.807, 2.05) is 0 Å². The minimum Gasteiger partial charge on any atom is -0.497 e. The zero-order chi connectivity index (χ0) is 21.4. The number of benzene rings is 2. The molecule has 9 heteroatoms. The lowest BCUT2D eigenvalue weighted by molar-refractivity contribution is -0.145. The third-order valence-electron chi connectivity index (χ3n) is 3.77. The molecule has 2 aromatic carbocycles. The van der Waals surface area contributed by atoms with Crippen molar-refractivity contribution in [3.05, 3.63) is 59.7 Å². The maximum Gasteiger partial charge on any atom is 0.387 e. The Balaban J connectivity index is 1.86. The van der Waals surface area contributed by atoms with E-state index in [1.165, 1.54) is 44.4 Å². The van der Waals surface area contributed by atoms with E-state index in [0.717, 1.165) is 0 Å². The molecule has 0 heterocycles. The minimum atomic E-state index is -2.97. The Kier molecular flexibility index (Phi) is 7.64.